The summed E-state index contributed by atoms with van der Waals surface area (Å²) in [7, 11) is 0. The van der Waals surface area contributed by atoms with Crippen molar-refractivity contribution < 1.29 is 9.47 Å². The van der Waals surface area contributed by atoms with Gasteiger partial charge in [0.25, 0.3) is 0 Å². The molecule has 0 saturated heterocycles. The number of hydrogen-bond donors (Lipinski definition) is 1. The molecule has 1 N–H and O–H groups in total. The molecular weight excluding hydrogens is 381 g/mol. The van der Waals surface area contributed by atoms with E-state index >= 15 is 0 Å². The summed E-state index contributed by atoms with van der Waals surface area (Å²) in [5.74, 6) is 1.17. The van der Waals surface area contributed by atoms with Crippen molar-refractivity contribution in [2.24, 2.45) is 0 Å². The molecule has 0 fully saturated rings. The second-order valence-corrected chi connectivity index (χ2v) is 7.13. The summed E-state index contributed by atoms with van der Waals surface area (Å²) >= 11 is 18.4. The van der Waals surface area contributed by atoms with E-state index in [0.717, 1.165) is 11.1 Å². The molecule has 0 aliphatic rings. The molecule has 0 heterocycles. The topological polar surface area (TPSA) is 30.5 Å². The second-order valence-electron chi connectivity index (χ2n) is 5.91. The van der Waals surface area contributed by atoms with Gasteiger partial charge in [0, 0.05) is 12.6 Å². The van der Waals surface area contributed by atoms with Gasteiger partial charge in [-0.1, -0.05) is 54.7 Å². The van der Waals surface area contributed by atoms with Gasteiger partial charge < -0.3 is 14.8 Å². The van der Waals surface area contributed by atoms with E-state index in [-0.39, 0.29) is 0 Å². The number of halogens is 3. The third-order valence-corrected chi connectivity index (χ3v) is 4.47. The molecule has 6 heteroatoms. The van der Waals surface area contributed by atoms with Crippen LogP contribution in [0.1, 0.15) is 31.9 Å². The summed E-state index contributed by atoms with van der Waals surface area (Å²) in [6.07, 6.45) is 0. The molecular formula is C19H22Cl3NO2. The molecule has 0 unspecified atom stereocenters. The molecule has 0 aliphatic carbocycles. The summed E-state index contributed by atoms with van der Waals surface area (Å²) in [6.45, 7) is 7.68. The summed E-state index contributed by atoms with van der Waals surface area (Å²) in [4.78, 5) is 0. The maximum atomic E-state index is 6.43. The monoisotopic (exact) mass is 401 g/mol. The Labute approximate surface area is 164 Å². The average molecular weight is 403 g/mol. The lowest BCUT2D eigenvalue weighted by Gasteiger charge is -2.16. The van der Waals surface area contributed by atoms with Crippen LogP contribution in [0.25, 0.3) is 0 Å². The van der Waals surface area contributed by atoms with Crippen LogP contribution in [0, 0.1) is 0 Å². The summed E-state index contributed by atoms with van der Waals surface area (Å²) in [5, 5.41) is 4.89. The first-order valence-electron chi connectivity index (χ1n) is 8.16. The van der Waals surface area contributed by atoms with Crippen LogP contribution in [0.5, 0.6) is 11.5 Å². The molecule has 0 saturated carbocycles. The fourth-order valence-corrected chi connectivity index (χ4v) is 2.84. The number of benzene rings is 2. The predicted octanol–water partition coefficient (Wildman–Crippen LogP) is 6.12. The largest absolute Gasteiger partial charge is 0.490 e. The van der Waals surface area contributed by atoms with Gasteiger partial charge in [-0.15, -0.1) is 0 Å². The standard InChI is InChI=1S/C19H22Cl3NO2/c1-4-24-18-9-14(10-23-12(2)3)8-17(22)19(18)25-11-13-5-6-15(20)16(21)7-13/h5-9,12,23H,4,10-11H2,1-3H3. The Hall–Kier alpha value is -1.13. The van der Waals surface area contributed by atoms with Gasteiger partial charge in [0.15, 0.2) is 11.5 Å². The molecule has 136 valence electrons. The third-order valence-electron chi connectivity index (χ3n) is 3.45. The molecule has 0 spiro atoms. The van der Waals surface area contributed by atoms with Crippen molar-refractivity contribution in [1.29, 1.82) is 0 Å². The zero-order valence-electron chi connectivity index (χ0n) is 14.5. The van der Waals surface area contributed by atoms with Crippen LogP contribution in [-0.4, -0.2) is 12.6 Å². The van der Waals surface area contributed by atoms with Crippen molar-refractivity contribution >= 4 is 34.8 Å². The SMILES string of the molecule is CCOc1cc(CNC(C)C)cc(Cl)c1OCc1ccc(Cl)c(Cl)c1. The highest BCUT2D eigenvalue weighted by atomic mass is 35.5. The highest BCUT2D eigenvalue weighted by Gasteiger charge is 2.13. The fraction of sp³-hybridized carbons (Fsp3) is 0.368. The van der Waals surface area contributed by atoms with Crippen molar-refractivity contribution in [3.05, 3.63) is 56.5 Å². The van der Waals surface area contributed by atoms with E-state index < -0.39 is 0 Å². The molecule has 2 aromatic carbocycles. The maximum Gasteiger partial charge on any atom is 0.180 e. The molecule has 0 radical (unpaired) electrons. The Kier molecular flexibility index (Phi) is 7.70. The minimum Gasteiger partial charge on any atom is -0.490 e. The summed E-state index contributed by atoms with van der Waals surface area (Å²) in [6, 6.07) is 9.62. The molecule has 25 heavy (non-hydrogen) atoms. The van der Waals surface area contributed by atoms with E-state index in [1.807, 2.05) is 25.1 Å². The van der Waals surface area contributed by atoms with Gasteiger partial charge in [-0.25, -0.2) is 0 Å². The van der Waals surface area contributed by atoms with E-state index in [9.17, 15) is 0 Å². The van der Waals surface area contributed by atoms with E-state index in [1.165, 1.54) is 0 Å². The molecule has 0 aliphatic heterocycles. The van der Waals surface area contributed by atoms with Crippen LogP contribution in [-0.2, 0) is 13.2 Å². The Morgan fingerprint density at radius 2 is 1.64 bits per heavy atom. The molecule has 2 aromatic rings. The lowest BCUT2D eigenvalue weighted by atomic mass is 10.2. The number of rotatable bonds is 8. The van der Waals surface area contributed by atoms with Gasteiger partial charge >= 0.3 is 0 Å². The molecule has 0 amide bonds. The van der Waals surface area contributed by atoms with Crippen LogP contribution in [0.15, 0.2) is 30.3 Å². The highest BCUT2D eigenvalue weighted by molar-refractivity contribution is 6.42. The van der Waals surface area contributed by atoms with Gasteiger partial charge in [-0.3, -0.25) is 0 Å². The average Bonchev–Trinajstić information content (AvgIpc) is 2.55. The Morgan fingerprint density at radius 1 is 0.920 bits per heavy atom. The van der Waals surface area contributed by atoms with Crippen LogP contribution in [0.4, 0.5) is 0 Å². The third kappa shape index (κ3) is 5.96. The maximum absolute atomic E-state index is 6.43. The molecule has 3 nitrogen and oxygen atoms in total. The lowest BCUT2D eigenvalue weighted by Crippen LogP contribution is -2.21. The van der Waals surface area contributed by atoms with Gasteiger partial charge in [0.05, 0.1) is 21.7 Å². The summed E-state index contributed by atoms with van der Waals surface area (Å²) < 4.78 is 11.6. The normalized spacial score (nSPS) is 11.0. The van der Waals surface area contributed by atoms with Gasteiger partial charge in [0.1, 0.15) is 6.61 Å². The van der Waals surface area contributed by atoms with E-state index in [0.29, 0.717) is 52.4 Å². The fourth-order valence-electron chi connectivity index (χ4n) is 2.23. The highest BCUT2D eigenvalue weighted by Crippen LogP contribution is 2.37. The van der Waals surface area contributed by atoms with Crippen LogP contribution in [0.2, 0.25) is 15.1 Å². The van der Waals surface area contributed by atoms with Gasteiger partial charge in [0.2, 0.25) is 0 Å². The van der Waals surface area contributed by atoms with E-state index in [2.05, 4.69) is 19.2 Å². The zero-order chi connectivity index (χ0) is 18.4. The van der Waals surface area contributed by atoms with Crippen molar-refractivity contribution in [3.63, 3.8) is 0 Å². The lowest BCUT2D eigenvalue weighted by molar-refractivity contribution is 0.269. The Balaban J connectivity index is 2.18. The van der Waals surface area contributed by atoms with Crippen molar-refractivity contribution in [2.45, 2.75) is 40.0 Å². The number of nitrogens with one attached hydrogen (secondary N) is 1. The summed E-state index contributed by atoms with van der Waals surface area (Å²) in [5.41, 5.74) is 1.95. The van der Waals surface area contributed by atoms with Gasteiger partial charge in [-0.05, 0) is 42.3 Å². The van der Waals surface area contributed by atoms with Crippen LogP contribution >= 0.6 is 34.8 Å². The van der Waals surface area contributed by atoms with Crippen LogP contribution in [0.3, 0.4) is 0 Å². The first kappa shape index (κ1) is 20.2. The predicted molar refractivity (Wildman–Crippen MR) is 105 cm³/mol. The van der Waals surface area contributed by atoms with E-state index in [4.69, 9.17) is 44.3 Å². The van der Waals surface area contributed by atoms with E-state index in [1.54, 1.807) is 12.1 Å². The minimum atomic E-state index is 0.320. The molecule has 0 atom stereocenters. The molecule has 2 rings (SSSR count). The smallest absolute Gasteiger partial charge is 0.180 e. The number of hydrogen-bond acceptors (Lipinski definition) is 3. The van der Waals surface area contributed by atoms with Crippen molar-refractivity contribution in [1.82, 2.24) is 5.32 Å². The number of ether oxygens (including phenoxy) is 2. The Morgan fingerprint density at radius 3 is 2.28 bits per heavy atom. The first-order valence-corrected chi connectivity index (χ1v) is 9.29. The second kappa shape index (κ2) is 9.54. The first-order chi connectivity index (χ1) is 11.9. The quantitative estimate of drug-likeness (QED) is 0.576. The molecule has 0 bridgehead atoms. The van der Waals surface area contributed by atoms with Crippen molar-refractivity contribution in [2.75, 3.05) is 6.61 Å². The minimum absolute atomic E-state index is 0.320. The Bertz CT molecular complexity index is 720. The van der Waals surface area contributed by atoms with Gasteiger partial charge in [-0.2, -0.15) is 0 Å². The zero-order valence-corrected chi connectivity index (χ0v) is 16.8. The van der Waals surface area contributed by atoms with Crippen molar-refractivity contribution in [3.8, 4) is 11.5 Å². The molecule has 0 aromatic heterocycles. The van der Waals surface area contributed by atoms with Crippen LogP contribution < -0.4 is 14.8 Å².